The third-order valence-corrected chi connectivity index (χ3v) is 7.60. The number of fused-ring (bicyclic) bond motifs is 1. The Morgan fingerprint density at radius 1 is 1.16 bits per heavy atom. The second kappa shape index (κ2) is 10.4. The molecule has 1 atom stereocenters. The lowest BCUT2D eigenvalue weighted by Gasteiger charge is -2.14. The van der Waals surface area contributed by atoms with Crippen molar-refractivity contribution < 1.29 is 4.79 Å². The maximum atomic E-state index is 13.2. The smallest absolute Gasteiger partial charge is 0.268 e. The predicted molar refractivity (Wildman–Crippen MR) is 133 cm³/mol. The Hall–Kier alpha value is -2.51. The van der Waals surface area contributed by atoms with Crippen molar-refractivity contribution in [3.05, 3.63) is 81.8 Å². The van der Waals surface area contributed by atoms with Crippen LogP contribution >= 0.6 is 23.5 Å². The van der Waals surface area contributed by atoms with E-state index in [1.54, 1.807) is 16.3 Å². The summed E-state index contributed by atoms with van der Waals surface area (Å²) in [6.45, 7) is 4.76. The van der Waals surface area contributed by atoms with Gasteiger partial charge in [-0.05, 0) is 36.1 Å². The first-order valence-electron chi connectivity index (χ1n) is 10.9. The second-order valence-electron chi connectivity index (χ2n) is 7.88. The number of nitrogens with one attached hydrogen (secondary N) is 1. The SMILES string of the molecule is CCc1ccc(NC(=O)CSc2nc3c(c(=O)n2CCc2ccccc2)SC(C)C3)cc1. The molecule has 0 spiro atoms. The van der Waals surface area contributed by atoms with E-state index in [-0.39, 0.29) is 17.2 Å². The molecule has 0 saturated carbocycles. The average molecular weight is 466 g/mol. The normalized spacial score (nSPS) is 14.9. The molecule has 1 aromatic heterocycles. The van der Waals surface area contributed by atoms with Gasteiger partial charge in [0.05, 0.1) is 16.3 Å². The molecule has 4 rings (SSSR count). The first-order chi connectivity index (χ1) is 15.5. The van der Waals surface area contributed by atoms with E-state index in [9.17, 15) is 9.59 Å². The zero-order valence-electron chi connectivity index (χ0n) is 18.3. The third-order valence-electron chi connectivity index (χ3n) is 5.41. The number of amides is 1. The van der Waals surface area contributed by atoms with Gasteiger partial charge in [0.25, 0.3) is 5.56 Å². The Morgan fingerprint density at radius 3 is 2.62 bits per heavy atom. The van der Waals surface area contributed by atoms with Crippen LogP contribution in [0.2, 0.25) is 0 Å². The monoisotopic (exact) mass is 465 g/mol. The van der Waals surface area contributed by atoms with Crippen molar-refractivity contribution in [1.29, 1.82) is 0 Å². The Kier molecular flexibility index (Phi) is 7.37. The predicted octanol–water partition coefficient (Wildman–Crippen LogP) is 4.82. The van der Waals surface area contributed by atoms with Crippen molar-refractivity contribution >= 4 is 35.1 Å². The molecule has 1 N–H and O–H groups in total. The Balaban J connectivity index is 1.49. The standard InChI is InChI=1S/C25H27N3O2S2/c1-3-18-9-11-20(12-10-18)26-22(29)16-31-25-27-21-15-17(2)32-23(21)24(30)28(25)14-13-19-7-5-4-6-8-19/h4-12,17H,3,13-16H2,1-2H3,(H,26,29). The number of hydrogen-bond acceptors (Lipinski definition) is 5. The molecule has 166 valence electrons. The molecule has 1 unspecified atom stereocenters. The lowest BCUT2D eigenvalue weighted by atomic mass is 10.1. The highest BCUT2D eigenvalue weighted by atomic mass is 32.2. The van der Waals surface area contributed by atoms with Crippen molar-refractivity contribution in [2.45, 2.75) is 55.0 Å². The van der Waals surface area contributed by atoms with Crippen LogP contribution < -0.4 is 10.9 Å². The van der Waals surface area contributed by atoms with Gasteiger partial charge < -0.3 is 5.32 Å². The molecular weight excluding hydrogens is 438 g/mol. The van der Waals surface area contributed by atoms with Crippen LogP contribution in [0.3, 0.4) is 0 Å². The largest absolute Gasteiger partial charge is 0.325 e. The fraction of sp³-hybridized carbons (Fsp3) is 0.320. The zero-order valence-corrected chi connectivity index (χ0v) is 20.0. The first kappa shape index (κ1) is 22.7. The molecule has 1 aliphatic rings. The number of benzene rings is 2. The number of thioether (sulfide) groups is 2. The fourth-order valence-electron chi connectivity index (χ4n) is 3.68. The Bertz CT molecular complexity index is 1140. The highest BCUT2D eigenvalue weighted by Gasteiger charge is 2.26. The molecule has 1 amide bonds. The van der Waals surface area contributed by atoms with Gasteiger partial charge in [-0.15, -0.1) is 11.8 Å². The number of carbonyl (C=O) groups excluding carboxylic acids is 1. The van der Waals surface area contributed by atoms with Crippen LogP contribution in [-0.2, 0) is 30.6 Å². The lowest BCUT2D eigenvalue weighted by molar-refractivity contribution is -0.113. The van der Waals surface area contributed by atoms with Gasteiger partial charge in [-0.3, -0.25) is 14.2 Å². The number of nitrogens with zero attached hydrogens (tertiary/aromatic N) is 2. The van der Waals surface area contributed by atoms with E-state index in [0.717, 1.165) is 35.5 Å². The third kappa shape index (κ3) is 5.45. The maximum absolute atomic E-state index is 13.2. The van der Waals surface area contributed by atoms with E-state index < -0.39 is 0 Å². The quantitative estimate of drug-likeness (QED) is 0.382. The van der Waals surface area contributed by atoms with Gasteiger partial charge in [0.2, 0.25) is 5.91 Å². The molecule has 32 heavy (non-hydrogen) atoms. The van der Waals surface area contributed by atoms with Crippen LogP contribution in [0.15, 0.2) is 69.4 Å². The summed E-state index contributed by atoms with van der Waals surface area (Å²) in [6.07, 6.45) is 2.49. The van der Waals surface area contributed by atoms with Crippen molar-refractivity contribution in [3.63, 3.8) is 0 Å². The molecule has 2 heterocycles. The summed E-state index contributed by atoms with van der Waals surface area (Å²) in [5.41, 5.74) is 4.06. The minimum atomic E-state index is -0.105. The molecular formula is C25H27N3O2S2. The van der Waals surface area contributed by atoms with Gasteiger partial charge in [0, 0.05) is 23.9 Å². The van der Waals surface area contributed by atoms with E-state index in [2.05, 4.69) is 31.3 Å². The van der Waals surface area contributed by atoms with Gasteiger partial charge in [-0.25, -0.2) is 4.98 Å². The summed E-state index contributed by atoms with van der Waals surface area (Å²) in [6, 6.07) is 18.0. The minimum absolute atomic E-state index is 0.0124. The van der Waals surface area contributed by atoms with Gasteiger partial charge in [-0.2, -0.15) is 0 Å². The molecule has 1 aliphatic heterocycles. The number of aromatic nitrogens is 2. The van der Waals surface area contributed by atoms with Crippen LogP contribution in [0.5, 0.6) is 0 Å². The van der Waals surface area contributed by atoms with Crippen LogP contribution in [0, 0.1) is 0 Å². The topological polar surface area (TPSA) is 64.0 Å². The molecule has 5 nitrogen and oxygen atoms in total. The lowest BCUT2D eigenvalue weighted by Crippen LogP contribution is -2.27. The molecule has 0 aliphatic carbocycles. The summed E-state index contributed by atoms with van der Waals surface area (Å²) in [5.74, 6) is 0.0979. The van der Waals surface area contributed by atoms with Crippen LogP contribution in [0.1, 0.15) is 30.7 Å². The molecule has 7 heteroatoms. The number of hydrogen-bond donors (Lipinski definition) is 1. The second-order valence-corrected chi connectivity index (χ2v) is 10.3. The number of aryl methyl sites for hydroxylation is 2. The van der Waals surface area contributed by atoms with Gasteiger partial charge in [-0.1, -0.05) is 68.1 Å². The Morgan fingerprint density at radius 2 is 1.91 bits per heavy atom. The summed E-state index contributed by atoms with van der Waals surface area (Å²) in [5, 5.41) is 3.91. The van der Waals surface area contributed by atoms with Gasteiger partial charge in [0.1, 0.15) is 0 Å². The van der Waals surface area contributed by atoms with Crippen LogP contribution in [0.25, 0.3) is 0 Å². The first-order valence-corrected chi connectivity index (χ1v) is 12.8. The van der Waals surface area contributed by atoms with Crippen LogP contribution in [0.4, 0.5) is 5.69 Å². The van der Waals surface area contributed by atoms with E-state index in [1.807, 2.05) is 42.5 Å². The zero-order chi connectivity index (χ0) is 22.5. The summed E-state index contributed by atoms with van der Waals surface area (Å²) in [7, 11) is 0. The van der Waals surface area contributed by atoms with E-state index in [1.165, 1.54) is 22.9 Å². The van der Waals surface area contributed by atoms with Gasteiger partial charge >= 0.3 is 0 Å². The van der Waals surface area contributed by atoms with Crippen molar-refractivity contribution in [1.82, 2.24) is 9.55 Å². The summed E-state index contributed by atoms with van der Waals surface area (Å²) >= 11 is 2.94. The van der Waals surface area contributed by atoms with E-state index in [4.69, 9.17) is 4.98 Å². The molecule has 0 radical (unpaired) electrons. The van der Waals surface area contributed by atoms with Crippen molar-refractivity contribution in [2.75, 3.05) is 11.1 Å². The highest BCUT2D eigenvalue weighted by Crippen LogP contribution is 2.34. The molecule has 3 aromatic rings. The molecule has 0 bridgehead atoms. The Labute approximate surface area is 197 Å². The highest BCUT2D eigenvalue weighted by molar-refractivity contribution is 8.00. The number of rotatable bonds is 8. The number of carbonyl (C=O) groups is 1. The summed E-state index contributed by atoms with van der Waals surface area (Å²) < 4.78 is 1.74. The minimum Gasteiger partial charge on any atom is -0.325 e. The van der Waals surface area contributed by atoms with Crippen molar-refractivity contribution in [3.8, 4) is 0 Å². The van der Waals surface area contributed by atoms with E-state index in [0.29, 0.717) is 17.0 Å². The van der Waals surface area contributed by atoms with E-state index >= 15 is 0 Å². The van der Waals surface area contributed by atoms with Crippen molar-refractivity contribution in [2.24, 2.45) is 0 Å². The number of anilines is 1. The summed E-state index contributed by atoms with van der Waals surface area (Å²) in [4.78, 5) is 31.3. The average Bonchev–Trinajstić information content (AvgIpc) is 3.19. The maximum Gasteiger partial charge on any atom is 0.268 e. The molecule has 0 saturated heterocycles. The van der Waals surface area contributed by atoms with Crippen LogP contribution in [-0.4, -0.2) is 26.5 Å². The fourth-order valence-corrected chi connectivity index (χ4v) is 5.63. The molecule has 0 fully saturated rings. The van der Waals surface area contributed by atoms with Gasteiger partial charge in [0.15, 0.2) is 5.16 Å². The molecule has 2 aromatic carbocycles.